The highest BCUT2D eigenvalue weighted by Gasteiger charge is 2.11. The molecule has 1 heterocycles. The fraction of sp³-hybridized carbons (Fsp3) is 0.227. The zero-order chi connectivity index (χ0) is 21.5. The summed E-state index contributed by atoms with van der Waals surface area (Å²) in [7, 11) is 0. The van der Waals surface area contributed by atoms with Crippen molar-refractivity contribution in [3.8, 4) is 0 Å². The van der Waals surface area contributed by atoms with E-state index >= 15 is 0 Å². The Kier molecular flexibility index (Phi) is 7.49. The highest BCUT2D eigenvalue weighted by Crippen LogP contribution is 2.29. The van der Waals surface area contributed by atoms with E-state index in [-0.39, 0.29) is 11.0 Å². The minimum atomic E-state index is -0.400. The van der Waals surface area contributed by atoms with E-state index in [1.807, 2.05) is 18.2 Å². The van der Waals surface area contributed by atoms with E-state index in [1.165, 1.54) is 0 Å². The summed E-state index contributed by atoms with van der Waals surface area (Å²) in [4.78, 5) is 28.2. The molecule has 0 saturated heterocycles. The lowest BCUT2D eigenvalue weighted by atomic mass is 9.98. The zero-order valence-corrected chi connectivity index (χ0v) is 17.9. The van der Waals surface area contributed by atoms with E-state index in [0.29, 0.717) is 36.7 Å². The van der Waals surface area contributed by atoms with Gasteiger partial charge in [-0.15, -0.1) is 0 Å². The third-order valence-electron chi connectivity index (χ3n) is 4.54. The number of aromatic nitrogens is 1. The van der Waals surface area contributed by atoms with Gasteiger partial charge in [-0.05, 0) is 48.1 Å². The molecule has 156 valence electrons. The van der Waals surface area contributed by atoms with Crippen molar-refractivity contribution in [1.82, 2.24) is 10.3 Å². The van der Waals surface area contributed by atoms with Crippen LogP contribution in [0.3, 0.4) is 0 Å². The number of rotatable bonds is 7. The van der Waals surface area contributed by atoms with Crippen molar-refractivity contribution in [2.45, 2.75) is 26.3 Å². The van der Waals surface area contributed by atoms with Gasteiger partial charge in [0.25, 0.3) is 0 Å². The van der Waals surface area contributed by atoms with Gasteiger partial charge in [-0.3, -0.25) is 9.78 Å². The Morgan fingerprint density at radius 3 is 2.67 bits per heavy atom. The molecule has 0 aliphatic heterocycles. The first kappa shape index (κ1) is 21.9. The highest BCUT2D eigenvalue weighted by molar-refractivity contribution is 6.43. The molecule has 3 aromatic rings. The molecule has 30 heavy (non-hydrogen) atoms. The average molecular weight is 446 g/mol. The maximum atomic E-state index is 12.3. The predicted molar refractivity (Wildman–Crippen MR) is 119 cm³/mol. The monoisotopic (exact) mass is 445 g/mol. The highest BCUT2D eigenvalue weighted by atomic mass is 35.5. The minimum Gasteiger partial charge on any atom is -0.466 e. The predicted octanol–water partition coefficient (Wildman–Crippen LogP) is 5.36. The van der Waals surface area contributed by atoms with Gasteiger partial charge in [0, 0.05) is 30.7 Å². The van der Waals surface area contributed by atoms with Gasteiger partial charge in [0.05, 0.1) is 22.3 Å². The molecular formula is C22H21Cl2N3O3. The maximum Gasteiger partial charge on any atom is 0.319 e. The Balaban J connectivity index is 1.70. The van der Waals surface area contributed by atoms with Gasteiger partial charge in [-0.25, -0.2) is 4.79 Å². The lowest BCUT2D eigenvalue weighted by Crippen LogP contribution is -2.28. The summed E-state index contributed by atoms with van der Waals surface area (Å²) < 4.78 is 5.01. The van der Waals surface area contributed by atoms with E-state index < -0.39 is 6.03 Å². The largest absolute Gasteiger partial charge is 0.466 e. The summed E-state index contributed by atoms with van der Waals surface area (Å²) in [5.74, 6) is -0.221. The Morgan fingerprint density at radius 1 is 1.07 bits per heavy atom. The average Bonchev–Trinajstić information content (AvgIpc) is 2.74. The molecule has 0 unspecified atom stereocenters. The Bertz CT molecular complexity index is 1070. The summed E-state index contributed by atoms with van der Waals surface area (Å²) >= 11 is 12.1. The van der Waals surface area contributed by atoms with Crippen LogP contribution in [0.1, 0.15) is 24.5 Å². The van der Waals surface area contributed by atoms with E-state index in [2.05, 4.69) is 15.6 Å². The molecule has 0 aliphatic rings. The van der Waals surface area contributed by atoms with Crippen LogP contribution in [0, 0.1) is 0 Å². The third-order valence-corrected chi connectivity index (χ3v) is 5.36. The number of pyridine rings is 1. The second-order valence-corrected chi connectivity index (χ2v) is 7.30. The number of hydrogen-bond donors (Lipinski definition) is 2. The first-order chi connectivity index (χ1) is 14.5. The van der Waals surface area contributed by atoms with Gasteiger partial charge in [0.2, 0.25) is 0 Å². The lowest BCUT2D eigenvalue weighted by Gasteiger charge is -2.13. The molecule has 2 N–H and O–H groups in total. The minimum absolute atomic E-state index is 0.221. The van der Waals surface area contributed by atoms with Gasteiger partial charge < -0.3 is 15.4 Å². The van der Waals surface area contributed by atoms with Gasteiger partial charge >= 0.3 is 12.0 Å². The number of ether oxygens (including phenoxy) is 1. The number of urea groups is 1. The van der Waals surface area contributed by atoms with Crippen molar-refractivity contribution in [2.75, 3.05) is 11.9 Å². The fourth-order valence-electron chi connectivity index (χ4n) is 3.10. The van der Waals surface area contributed by atoms with E-state index in [0.717, 1.165) is 21.9 Å². The summed E-state index contributed by atoms with van der Waals surface area (Å²) in [5, 5.41) is 8.07. The molecule has 2 aromatic carbocycles. The molecule has 0 saturated carbocycles. The molecule has 0 spiro atoms. The molecule has 0 radical (unpaired) electrons. The number of carbonyl (C=O) groups is 2. The first-order valence-corrected chi connectivity index (χ1v) is 10.2. The lowest BCUT2D eigenvalue weighted by molar-refractivity contribution is -0.143. The van der Waals surface area contributed by atoms with Crippen LogP contribution >= 0.6 is 23.2 Å². The number of benzene rings is 2. The molecule has 1 aromatic heterocycles. The van der Waals surface area contributed by atoms with Crippen LogP contribution in [0.4, 0.5) is 10.5 Å². The maximum absolute atomic E-state index is 12.3. The van der Waals surface area contributed by atoms with Crippen LogP contribution in [0.5, 0.6) is 0 Å². The number of carbonyl (C=O) groups excluding carboxylic acids is 2. The van der Waals surface area contributed by atoms with Crippen molar-refractivity contribution in [3.05, 3.63) is 70.0 Å². The molecule has 0 aliphatic carbocycles. The normalized spacial score (nSPS) is 10.6. The van der Waals surface area contributed by atoms with Crippen molar-refractivity contribution in [2.24, 2.45) is 0 Å². The molecule has 0 atom stereocenters. The number of hydrogen-bond acceptors (Lipinski definition) is 4. The number of nitrogens with one attached hydrogen (secondary N) is 2. The number of nitrogens with zero attached hydrogens (tertiary/aromatic N) is 1. The van der Waals surface area contributed by atoms with Crippen LogP contribution in [-0.2, 0) is 22.5 Å². The molecule has 6 nitrogen and oxygen atoms in total. The number of aryl methyl sites for hydroxylation is 1. The zero-order valence-electron chi connectivity index (χ0n) is 16.4. The Labute approximate surface area is 184 Å². The van der Waals surface area contributed by atoms with Crippen LogP contribution in [0.2, 0.25) is 10.0 Å². The summed E-state index contributed by atoms with van der Waals surface area (Å²) in [6.45, 7) is 2.46. The Morgan fingerprint density at radius 2 is 1.87 bits per heavy atom. The number of anilines is 1. The van der Waals surface area contributed by atoms with Gasteiger partial charge in [-0.1, -0.05) is 41.4 Å². The number of esters is 1. The summed E-state index contributed by atoms with van der Waals surface area (Å²) in [6, 6.07) is 10.4. The van der Waals surface area contributed by atoms with Gasteiger partial charge in [0.15, 0.2) is 0 Å². The fourth-order valence-corrected chi connectivity index (χ4v) is 3.44. The SMILES string of the molecule is CCOC(=O)CCc1ccc(CNC(=O)Nc2cccc(Cl)c2Cl)c2cnccc12. The second kappa shape index (κ2) is 10.3. The standard InChI is InChI=1S/C22H21Cl2N3O3/c1-2-30-20(28)9-8-14-6-7-15(17-13-25-11-10-16(14)17)12-26-22(29)27-19-5-3-4-18(23)21(19)24/h3-7,10-11,13H,2,8-9,12H2,1H3,(H2,26,27,29). The van der Waals surface area contributed by atoms with Crippen molar-refractivity contribution in [1.29, 1.82) is 0 Å². The topological polar surface area (TPSA) is 80.3 Å². The first-order valence-electron chi connectivity index (χ1n) is 9.48. The summed E-state index contributed by atoms with van der Waals surface area (Å²) in [6.07, 6.45) is 4.35. The van der Waals surface area contributed by atoms with Crippen molar-refractivity contribution < 1.29 is 14.3 Å². The second-order valence-electron chi connectivity index (χ2n) is 6.52. The molecule has 2 amide bonds. The summed E-state index contributed by atoms with van der Waals surface area (Å²) in [5.41, 5.74) is 2.37. The molecule has 0 fully saturated rings. The quantitative estimate of drug-likeness (QED) is 0.479. The smallest absolute Gasteiger partial charge is 0.319 e. The van der Waals surface area contributed by atoms with Crippen molar-refractivity contribution >= 4 is 51.7 Å². The molecule has 3 rings (SSSR count). The Hall–Kier alpha value is -2.83. The van der Waals surface area contributed by atoms with Gasteiger partial charge in [-0.2, -0.15) is 0 Å². The number of fused-ring (bicyclic) bond motifs is 1. The van der Waals surface area contributed by atoms with E-state index in [4.69, 9.17) is 27.9 Å². The number of halogens is 2. The van der Waals surface area contributed by atoms with Crippen molar-refractivity contribution in [3.63, 3.8) is 0 Å². The van der Waals surface area contributed by atoms with Crippen LogP contribution in [-0.4, -0.2) is 23.6 Å². The third kappa shape index (κ3) is 5.40. The molecule has 8 heteroatoms. The van der Waals surface area contributed by atoms with Gasteiger partial charge in [0.1, 0.15) is 0 Å². The van der Waals surface area contributed by atoms with E-state index in [9.17, 15) is 9.59 Å². The van der Waals surface area contributed by atoms with E-state index in [1.54, 1.807) is 37.5 Å². The molecular weight excluding hydrogens is 425 g/mol. The number of amides is 2. The van der Waals surface area contributed by atoms with Crippen LogP contribution in [0.15, 0.2) is 48.8 Å². The molecule has 0 bridgehead atoms. The van der Waals surface area contributed by atoms with Crippen LogP contribution < -0.4 is 10.6 Å². The van der Waals surface area contributed by atoms with Crippen LogP contribution in [0.25, 0.3) is 10.8 Å².